The second kappa shape index (κ2) is 5.45. The van der Waals surface area contributed by atoms with Crippen LogP contribution in [0, 0.1) is 0 Å². The molecule has 0 unspecified atom stereocenters. The van der Waals surface area contributed by atoms with Gasteiger partial charge in [-0.3, -0.25) is 4.98 Å². The van der Waals surface area contributed by atoms with Crippen molar-refractivity contribution in [2.75, 3.05) is 0 Å². The normalized spacial score (nSPS) is 10.7. The minimum Gasteiger partial charge on any atom is -0.256 e. The third-order valence-corrected chi connectivity index (χ3v) is 3.90. The Morgan fingerprint density at radius 2 is 1.18 bits per heavy atom. The molecule has 0 saturated heterocycles. The van der Waals surface area contributed by atoms with E-state index >= 15 is 0 Å². The first-order valence-corrected chi connectivity index (χ1v) is 7.41. The number of hydrogen-bond donors (Lipinski definition) is 0. The van der Waals surface area contributed by atoms with Crippen LogP contribution in [0.2, 0.25) is 0 Å². The van der Waals surface area contributed by atoms with Crippen molar-refractivity contribution >= 4 is 10.8 Å². The van der Waals surface area contributed by atoms with Crippen molar-refractivity contribution in [3.63, 3.8) is 0 Å². The van der Waals surface area contributed by atoms with E-state index in [2.05, 4.69) is 65.6 Å². The van der Waals surface area contributed by atoms with Crippen molar-refractivity contribution < 1.29 is 0 Å². The highest BCUT2D eigenvalue weighted by Gasteiger charge is 2.03. The monoisotopic (exact) mass is 281 g/mol. The van der Waals surface area contributed by atoms with Gasteiger partial charge >= 0.3 is 0 Å². The van der Waals surface area contributed by atoms with Crippen LogP contribution in [-0.4, -0.2) is 4.98 Å². The first-order chi connectivity index (χ1) is 10.9. The topological polar surface area (TPSA) is 12.9 Å². The Bertz CT molecular complexity index is 833. The van der Waals surface area contributed by atoms with E-state index in [0.29, 0.717) is 0 Å². The van der Waals surface area contributed by atoms with Crippen LogP contribution in [0.15, 0.2) is 91.1 Å². The molecule has 4 rings (SSSR count). The summed E-state index contributed by atoms with van der Waals surface area (Å²) in [4.78, 5) is 4.61. The zero-order valence-electron chi connectivity index (χ0n) is 12.1. The highest BCUT2D eigenvalue weighted by molar-refractivity contribution is 5.89. The van der Waals surface area contributed by atoms with Crippen molar-refractivity contribution in [2.45, 2.75) is 0 Å². The summed E-state index contributed by atoms with van der Waals surface area (Å²) in [5.74, 6) is 0. The lowest BCUT2D eigenvalue weighted by Crippen LogP contribution is -1.85. The molecule has 0 bridgehead atoms. The first-order valence-electron chi connectivity index (χ1n) is 7.41. The second-order valence-electron chi connectivity index (χ2n) is 5.36. The molecule has 0 atom stereocenters. The third kappa shape index (κ3) is 2.38. The van der Waals surface area contributed by atoms with E-state index in [0.717, 1.165) is 11.3 Å². The van der Waals surface area contributed by atoms with E-state index in [1.807, 2.05) is 30.5 Å². The van der Waals surface area contributed by atoms with Gasteiger partial charge in [-0.05, 0) is 28.6 Å². The predicted molar refractivity (Wildman–Crippen MR) is 92.6 cm³/mol. The number of benzene rings is 3. The quantitative estimate of drug-likeness (QED) is 0.468. The maximum Gasteiger partial charge on any atom is 0.0708 e. The van der Waals surface area contributed by atoms with Crippen LogP contribution in [0.3, 0.4) is 0 Å². The molecule has 0 radical (unpaired) electrons. The van der Waals surface area contributed by atoms with E-state index in [1.165, 1.54) is 21.9 Å². The number of rotatable bonds is 2. The van der Waals surface area contributed by atoms with Gasteiger partial charge in [0.1, 0.15) is 0 Å². The zero-order chi connectivity index (χ0) is 14.8. The summed E-state index contributed by atoms with van der Waals surface area (Å²) >= 11 is 0. The van der Waals surface area contributed by atoms with Crippen LogP contribution in [0.5, 0.6) is 0 Å². The summed E-state index contributed by atoms with van der Waals surface area (Å²) in [6.45, 7) is 0. The molecule has 0 N–H and O–H groups in total. The van der Waals surface area contributed by atoms with E-state index in [9.17, 15) is 0 Å². The number of aromatic nitrogens is 1. The average Bonchev–Trinajstić information content (AvgIpc) is 2.62. The minimum absolute atomic E-state index is 1.01. The van der Waals surface area contributed by atoms with E-state index in [-0.39, 0.29) is 0 Å². The summed E-state index contributed by atoms with van der Waals surface area (Å²) in [7, 11) is 0. The maximum absolute atomic E-state index is 4.61. The molecule has 0 spiro atoms. The third-order valence-electron chi connectivity index (χ3n) is 3.90. The molecule has 0 aliphatic rings. The molecule has 0 aliphatic heterocycles. The number of hydrogen-bond acceptors (Lipinski definition) is 1. The summed E-state index contributed by atoms with van der Waals surface area (Å²) in [6.07, 6.45) is 1.96. The molecule has 0 amide bonds. The summed E-state index contributed by atoms with van der Waals surface area (Å²) in [5, 5.41) is 2.38. The molecule has 104 valence electrons. The Labute approximate surface area is 129 Å². The van der Waals surface area contributed by atoms with Crippen molar-refractivity contribution in [3.05, 3.63) is 91.1 Å². The Kier molecular flexibility index (Phi) is 3.17. The maximum atomic E-state index is 4.61. The molecular formula is C21H15N. The van der Waals surface area contributed by atoms with E-state index in [1.54, 1.807) is 0 Å². The molecule has 0 fully saturated rings. The summed E-state index contributed by atoms with van der Waals surface area (Å²) < 4.78 is 0. The molecule has 0 saturated carbocycles. The van der Waals surface area contributed by atoms with Gasteiger partial charge < -0.3 is 0 Å². The molecule has 3 aromatic carbocycles. The van der Waals surface area contributed by atoms with Gasteiger partial charge in [-0.15, -0.1) is 0 Å². The van der Waals surface area contributed by atoms with Crippen molar-refractivity contribution in [3.8, 4) is 22.4 Å². The van der Waals surface area contributed by atoms with Crippen LogP contribution in [0.25, 0.3) is 33.2 Å². The van der Waals surface area contributed by atoms with Gasteiger partial charge in [0.2, 0.25) is 0 Å². The van der Waals surface area contributed by atoms with Gasteiger partial charge in [0.25, 0.3) is 0 Å². The van der Waals surface area contributed by atoms with Crippen molar-refractivity contribution in [1.29, 1.82) is 0 Å². The number of pyridine rings is 1. The lowest BCUT2D eigenvalue weighted by molar-refractivity contribution is 1.36. The number of nitrogens with zero attached hydrogens (tertiary/aromatic N) is 1. The number of fused-ring (bicyclic) bond motifs is 1. The van der Waals surface area contributed by atoms with Crippen LogP contribution < -0.4 is 0 Å². The van der Waals surface area contributed by atoms with Crippen LogP contribution >= 0.6 is 0 Å². The smallest absolute Gasteiger partial charge is 0.0708 e. The fourth-order valence-electron chi connectivity index (χ4n) is 2.72. The Hall–Kier alpha value is -2.93. The van der Waals surface area contributed by atoms with Crippen LogP contribution in [0.4, 0.5) is 0 Å². The Morgan fingerprint density at radius 1 is 0.500 bits per heavy atom. The Balaban J connectivity index is 1.80. The first kappa shape index (κ1) is 12.8. The van der Waals surface area contributed by atoms with Crippen molar-refractivity contribution in [1.82, 2.24) is 4.98 Å². The van der Waals surface area contributed by atoms with Crippen LogP contribution in [0.1, 0.15) is 0 Å². The highest BCUT2D eigenvalue weighted by Crippen LogP contribution is 2.26. The average molecular weight is 281 g/mol. The predicted octanol–water partition coefficient (Wildman–Crippen LogP) is 5.57. The molecule has 0 aliphatic carbocycles. The molecule has 4 aromatic rings. The minimum atomic E-state index is 1.01. The molecule has 1 aromatic heterocycles. The zero-order valence-corrected chi connectivity index (χ0v) is 12.1. The van der Waals surface area contributed by atoms with E-state index in [4.69, 9.17) is 0 Å². The van der Waals surface area contributed by atoms with Gasteiger partial charge in [-0.1, -0.05) is 72.8 Å². The SMILES string of the molecule is c1ccc(-c2ccc3cc(-c4ccccc4)ncc3c2)cc1. The summed E-state index contributed by atoms with van der Waals surface area (Å²) in [6, 6.07) is 29.4. The van der Waals surface area contributed by atoms with Gasteiger partial charge in [-0.2, -0.15) is 0 Å². The largest absolute Gasteiger partial charge is 0.256 e. The van der Waals surface area contributed by atoms with Gasteiger partial charge in [0.15, 0.2) is 0 Å². The molecular weight excluding hydrogens is 266 g/mol. The summed E-state index contributed by atoms with van der Waals surface area (Å²) in [5.41, 5.74) is 4.62. The second-order valence-corrected chi connectivity index (χ2v) is 5.36. The molecule has 1 heteroatoms. The lowest BCUT2D eigenvalue weighted by atomic mass is 10.0. The van der Waals surface area contributed by atoms with E-state index < -0.39 is 0 Å². The van der Waals surface area contributed by atoms with Crippen molar-refractivity contribution in [2.24, 2.45) is 0 Å². The van der Waals surface area contributed by atoms with Gasteiger partial charge in [-0.25, -0.2) is 0 Å². The molecule has 1 nitrogen and oxygen atoms in total. The standard InChI is InChI=1S/C21H15N/c1-3-7-16(8-4-1)18-11-12-19-14-21(22-15-20(19)13-18)17-9-5-2-6-10-17/h1-15H. The molecule has 1 heterocycles. The lowest BCUT2D eigenvalue weighted by Gasteiger charge is -2.06. The van der Waals surface area contributed by atoms with Gasteiger partial charge in [0, 0.05) is 17.1 Å². The highest BCUT2D eigenvalue weighted by atomic mass is 14.7. The molecule has 22 heavy (non-hydrogen) atoms. The van der Waals surface area contributed by atoms with Crippen LogP contribution in [-0.2, 0) is 0 Å². The Morgan fingerprint density at radius 3 is 1.91 bits per heavy atom. The van der Waals surface area contributed by atoms with Gasteiger partial charge in [0.05, 0.1) is 5.69 Å². The fourth-order valence-corrected chi connectivity index (χ4v) is 2.72. The fraction of sp³-hybridized carbons (Fsp3) is 0.